The van der Waals surface area contributed by atoms with Crippen LogP contribution in [-0.4, -0.2) is 82.3 Å². The Balaban J connectivity index is 0.000000559. The molecule has 2 unspecified atom stereocenters. The second kappa shape index (κ2) is 13.7. The Kier molecular flexibility index (Phi) is 10.6. The number of hydrogen-bond donors (Lipinski definition) is 3. The molecule has 0 radical (unpaired) electrons. The number of alkyl halides is 3. The summed E-state index contributed by atoms with van der Waals surface area (Å²) in [4.78, 5) is 37.0. The van der Waals surface area contributed by atoms with Crippen molar-refractivity contribution in [1.82, 2.24) is 9.80 Å². The summed E-state index contributed by atoms with van der Waals surface area (Å²) in [6.07, 6.45) is -0.220. The lowest BCUT2D eigenvalue weighted by Gasteiger charge is -2.40. The lowest BCUT2D eigenvalue weighted by Crippen LogP contribution is -2.47. The Bertz CT molecular complexity index is 1180. The lowest BCUT2D eigenvalue weighted by atomic mass is 9.84. The number of aliphatic hydroxyl groups is 1. The number of halogens is 4. The van der Waals surface area contributed by atoms with Gasteiger partial charge in [-0.1, -0.05) is 24.3 Å². The van der Waals surface area contributed by atoms with Gasteiger partial charge in [-0.2, -0.15) is 13.2 Å². The van der Waals surface area contributed by atoms with Gasteiger partial charge in [0.05, 0.1) is 0 Å². The number of piperidine rings is 1. The van der Waals surface area contributed by atoms with Gasteiger partial charge in [0.15, 0.2) is 0 Å². The molecule has 0 aliphatic carbocycles. The highest BCUT2D eigenvalue weighted by Gasteiger charge is 2.41. The molecule has 2 aliphatic heterocycles. The first-order valence-corrected chi connectivity index (χ1v) is 13.0. The van der Waals surface area contributed by atoms with Crippen LogP contribution in [0.15, 0.2) is 48.5 Å². The van der Waals surface area contributed by atoms with Gasteiger partial charge in [-0.05, 0) is 73.4 Å². The smallest absolute Gasteiger partial charge is 0.475 e. The number of carboxylic acid groups (broad SMARTS) is 1. The molecule has 0 aromatic heterocycles. The fourth-order valence-electron chi connectivity index (χ4n) is 5.51. The van der Waals surface area contributed by atoms with Gasteiger partial charge in [0, 0.05) is 37.3 Å². The van der Waals surface area contributed by atoms with Crippen LogP contribution >= 0.6 is 0 Å². The molecule has 4 N–H and O–H groups in total. The summed E-state index contributed by atoms with van der Waals surface area (Å²) in [5.74, 6) is -3.33. The summed E-state index contributed by atoms with van der Waals surface area (Å²) in [5.41, 5.74) is 8.03. The topological polar surface area (TPSA) is 124 Å². The lowest BCUT2D eigenvalue weighted by molar-refractivity contribution is -0.192. The van der Waals surface area contributed by atoms with Crippen molar-refractivity contribution in [2.45, 2.75) is 56.3 Å². The summed E-state index contributed by atoms with van der Waals surface area (Å²) in [5, 5.41) is 16.5. The number of aliphatic carboxylic acids is 1. The molecule has 8 nitrogen and oxygen atoms in total. The number of nitrogens with zero attached hydrogens (tertiary/aromatic N) is 2. The van der Waals surface area contributed by atoms with Crippen LogP contribution in [0.1, 0.15) is 53.1 Å². The summed E-state index contributed by atoms with van der Waals surface area (Å²) in [6.45, 7) is 1.24. The van der Waals surface area contributed by atoms with E-state index < -0.39 is 24.7 Å². The molecule has 12 heteroatoms. The Morgan fingerprint density at radius 3 is 2.17 bits per heavy atom. The van der Waals surface area contributed by atoms with E-state index >= 15 is 0 Å². The minimum Gasteiger partial charge on any atom is -0.475 e. The molecule has 2 amide bonds. The van der Waals surface area contributed by atoms with Gasteiger partial charge in [0.25, 0.3) is 0 Å². The highest BCUT2D eigenvalue weighted by Crippen LogP contribution is 2.43. The molecule has 2 aromatic rings. The van der Waals surface area contributed by atoms with Crippen molar-refractivity contribution in [2.75, 3.05) is 26.2 Å². The quantitative estimate of drug-likeness (QED) is 0.400. The molecule has 2 bridgehead atoms. The van der Waals surface area contributed by atoms with E-state index in [0.29, 0.717) is 43.1 Å². The van der Waals surface area contributed by atoms with Crippen molar-refractivity contribution < 1.29 is 42.2 Å². The second-order valence-electron chi connectivity index (χ2n) is 10.0. The second-order valence-corrected chi connectivity index (χ2v) is 10.0. The molecule has 2 heterocycles. The maximum absolute atomic E-state index is 13.5. The zero-order valence-electron chi connectivity index (χ0n) is 21.8. The van der Waals surface area contributed by atoms with Crippen LogP contribution in [0, 0.1) is 5.82 Å². The van der Waals surface area contributed by atoms with Gasteiger partial charge in [0.2, 0.25) is 11.8 Å². The molecule has 2 saturated heterocycles. The number of nitrogens with two attached hydrogens (primary N) is 1. The minimum atomic E-state index is -5.08. The van der Waals surface area contributed by atoms with Crippen molar-refractivity contribution in [2.24, 2.45) is 5.73 Å². The molecular weight excluding hydrogens is 534 g/mol. The molecule has 0 saturated carbocycles. The van der Waals surface area contributed by atoms with Crippen molar-refractivity contribution in [3.63, 3.8) is 0 Å². The highest BCUT2D eigenvalue weighted by molar-refractivity contribution is 5.92. The molecule has 40 heavy (non-hydrogen) atoms. The third kappa shape index (κ3) is 8.49. The first-order valence-electron chi connectivity index (χ1n) is 13.0. The number of amides is 2. The van der Waals surface area contributed by atoms with Crippen LogP contribution < -0.4 is 5.73 Å². The Morgan fingerprint density at radius 1 is 1.00 bits per heavy atom. The molecule has 4 rings (SSSR count). The maximum atomic E-state index is 13.5. The molecule has 218 valence electrons. The number of aliphatic hydroxyl groups excluding tert-OH is 1. The third-order valence-electron chi connectivity index (χ3n) is 7.44. The van der Waals surface area contributed by atoms with E-state index in [1.54, 1.807) is 17.0 Å². The summed E-state index contributed by atoms with van der Waals surface area (Å²) < 4.78 is 45.2. The number of carboxylic acids is 1. The van der Waals surface area contributed by atoms with Gasteiger partial charge in [0.1, 0.15) is 12.4 Å². The number of hydrogen-bond acceptors (Lipinski definition) is 5. The Labute approximate surface area is 229 Å². The average Bonchev–Trinajstić information content (AvgIpc) is 3.14. The van der Waals surface area contributed by atoms with E-state index in [1.807, 2.05) is 18.2 Å². The normalized spacial score (nSPS) is 20.4. The van der Waals surface area contributed by atoms with E-state index in [9.17, 15) is 32.3 Å². The van der Waals surface area contributed by atoms with E-state index in [-0.39, 0.29) is 11.7 Å². The standard InChI is InChI=1S/C26H32FN3O3.C2HF3O2/c27-22-6-1-3-18(13-22)9-10-29(25(32)17-31)11-12-30-23-7-8-24(30)16-21(15-23)19-4-2-5-20(14-19)26(28)33;3-2(4,5)1(6)7/h1-6,13-14,21,23-24,31H,7-12,15-17H2,(H2,28,33);(H,6,7). The largest absolute Gasteiger partial charge is 0.490 e. The van der Waals surface area contributed by atoms with Crippen molar-refractivity contribution in [3.05, 3.63) is 71.0 Å². The van der Waals surface area contributed by atoms with E-state index in [2.05, 4.69) is 11.0 Å². The molecule has 2 aliphatic rings. The van der Waals surface area contributed by atoms with Crippen LogP contribution in [0.3, 0.4) is 0 Å². The van der Waals surface area contributed by atoms with Crippen LogP contribution in [-0.2, 0) is 16.0 Å². The maximum Gasteiger partial charge on any atom is 0.490 e. The Hall–Kier alpha value is -3.51. The monoisotopic (exact) mass is 567 g/mol. The number of carbonyl (C=O) groups excluding carboxylic acids is 2. The molecule has 2 atom stereocenters. The van der Waals surface area contributed by atoms with Crippen molar-refractivity contribution in [3.8, 4) is 0 Å². The minimum absolute atomic E-state index is 0.284. The van der Waals surface area contributed by atoms with Crippen molar-refractivity contribution >= 4 is 17.8 Å². The van der Waals surface area contributed by atoms with Crippen LogP contribution in [0.2, 0.25) is 0 Å². The number of carbonyl (C=O) groups is 3. The molecule has 2 aromatic carbocycles. The van der Waals surface area contributed by atoms with Gasteiger partial charge in [-0.15, -0.1) is 0 Å². The first-order chi connectivity index (χ1) is 18.9. The first kappa shape index (κ1) is 31.0. The number of primary amides is 1. The molecular formula is C28H33F4N3O5. The van der Waals surface area contributed by atoms with E-state index in [0.717, 1.165) is 37.8 Å². The number of rotatable bonds is 9. The molecule has 2 fully saturated rings. The van der Waals surface area contributed by atoms with E-state index in [1.165, 1.54) is 17.7 Å². The van der Waals surface area contributed by atoms with Gasteiger partial charge >= 0.3 is 12.1 Å². The van der Waals surface area contributed by atoms with Gasteiger partial charge < -0.3 is 20.8 Å². The molecule has 0 spiro atoms. The predicted molar refractivity (Wildman–Crippen MR) is 138 cm³/mol. The van der Waals surface area contributed by atoms with Gasteiger partial charge in [-0.3, -0.25) is 14.5 Å². The predicted octanol–water partition coefficient (Wildman–Crippen LogP) is 3.33. The van der Waals surface area contributed by atoms with Crippen molar-refractivity contribution in [1.29, 1.82) is 0 Å². The summed E-state index contributed by atoms with van der Waals surface area (Å²) in [6, 6.07) is 15.0. The fourth-order valence-corrected chi connectivity index (χ4v) is 5.51. The zero-order chi connectivity index (χ0) is 29.4. The van der Waals surface area contributed by atoms with E-state index in [4.69, 9.17) is 15.6 Å². The SMILES string of the molecule is NC(=O)c1cccc(C2CC3CCC(C2)N3CCN(CCc2cccc(F)c2)C(=O)CO)c1.O=C(O)C(F)(F)F. The Morgan fingerprint density at radius 2 is 1.62 bits per heavy atom. The highest BCUT2D eigenvalue weighted by atomic mass is 19.4. The van der Waals surface area contributed by atoms with Crippen LogP contribution in [0.5, 0.6) is 0 Å². The number of benzene rings is 2. The van der Waals surface area contributed by atoms with Crippen LogP contribution in [0.4, 0.5) is 17.6 Å². The van der Waals surface area contributed by atoms with Crippen LogP contribution in [0.25, 0.3) is 0 Å². The fraction of sp³-hybridized carbons (Fsp3) is 0.464. The number of fused-ring (bicyclic) bond motifs is 2. The summed E-state index contributed by atoms with van der Waals surface area (Å²) >= 11 is 0. The average molecular weight is 568 g/mol. The summed E-state index contributed by atoms with van der Waals surface area (Å²) in [7, 11) is 0. The van der Waals surface area contributed by atoms with Gasteiger partial charge in [-0.25, -0.2) is 9.18 Å². The third-order valence-corrected chi connectivity index (χ3v) is 7.44. The zero-order valence-corrected chi connectivity index (χ0v) is 21.8.